The van der Waals surface area contributed by atoms with Crippen LogP contribution in [0.25, 0.3) is 0 Å². The molecule has 0 atom stereocenters. The minimum atomic E-state index is -0.268. The lowest BCUT2D eigenvalue weighted by Gasteiger charge is -2.11. The molecule has 0 radical (unpaired) electrons. The molecule has 0 bridgehead atoms. The highest BCUT2D eigenvalue weighted by molar-refractivity contribution is 6.31. The Morgan fingerprint density at radius 2 is 1.92 bits per heavy atom. The summed E-state index contributed by atoms with van der Waals surface area (Å²) in [5, 5.41) is 6.55. The van der Waals surface area contributed by atoms with Gasteiger partial charge in [0.1, 0.15) is 11.6 Å². The van der Waals surface area contributed by atoms with Crippen LogP contribution in [0.4, 0.5) is 11.5 Å². The van der Waals surface area contributed by atoms with E-state index in [0.717, 1.165) is 5.56 Å². The van der Waals surface area contributed by atoms with E-state index in [2.05, 4.69) is 15.6 Å². The number of rotatable bonds is 6. The van der Waals surface area contributed by atoms with Gasteiger partial charge in [0.25, 0.3) is 5.91 Å². The predicted octanol–water partition coefficient (Wildman–Crippen LogP) is 4.61. The van der Waals surface area contributed by atoms with Gasteiger partial charge in [-0.15, -0.1) is 0 Å². The second kappa shape index (κ2) is 8.36. The van der Waals surface area contributed by atoms with Crippen molar-refractivity contribution in [2.45, 2.75) is 6.54 Å². The van der Waals surface area contributed by atoms with E-state index < -0.39 is 0 Å². The number of halogens is 1. The van der Waals surface area contributed by atoms with E-state index in [-0.39, 0.29) is 5.91 Å². The van der Waals surface area contributed by atoms with Crippen LogP contribution in [0.3, 0.4) is 0 Å². The second-order valence-electron chi connectivity index (χ2n) is 5.57. The van der Waals surface area contributed by atoms with Crippen molar-refractivity contribution in [1.29, 1.82) is 0 Å². The summed E-state index contributed by atoms with van der Waals surface area (Å²) >= 11 is 6.00. The largest absolute Gasteiger partial charge is 0.495 e. The van der Waals surface area contributed by atoms with Crippen LogP contribution in [0.5, 0.6) is 5.75 Å². The number of ether oxygens (including phenoxy) is 1. The van der Waals surface area contributed by atoms with E-state index >= 15 is 0 Å². The third-order valence-electron chi connectivity index (χ3n) is 3.75. The lowest BCUT2D eigenvalue weighted by Crippen LogP contribution is -2.13. The summed E-state index contributed by atoms with van der Waals surface area (Å²) in [6.45, 7) is 0.626. The predicted molar refractivity (Wildman–Crippen MR) is 104 cm³/mol. The van der Waals surface area contributed by atoms with Gasteiger partial charge < -0.3 is 15.4 Å². The lowest BCUT2D eigenvalue weighted by atomic mass is 10.2. The van der Waals surface area contributed by atoms with E-state index in [1.165, 1.54) is 7.11 Å². The van der Waals surface area contributed by atoms with Crippen LogP contribution >= 0.6 is 11.6 Å². The van der Waals surface area contributed by atoms with Crippen molar-refractivity contribution in [1.82, 2.24) is 4.98 Å². The van der Waals surface area contributed by atoms with Crippen molar-refractivity contribution in [2.75, 3.05) is 17.7 Å². The number of hydrogen-bond acceptors (Lipinski definition) is 4. The Morgan fingerprint density at radius 3 is 2.69 bits per heavy atom. The molecule has 1 amide bonds. The van der Waals surface area contributed by atoms with Crippen LogP contribution in [-0.4, -0.2) is 18.0 Å². The highest BCUT2D eigenvalue weighted by Crippen LogP contribution is 2.28. The summed E-state index contributed by atoms with van der Waals surface area (Å²) in [6, 6.07) is 18.4. The van der Waals surface area contributed by atoms with Crippen molar-refractivity contribution in [3.63, 3.8) is 0 Å². The van der Waals surface area contributed by atoms with Crippen LogP contribution in [-0.2, 0) is 6.54 Å². The molecule has 132 valence electrons. The van der Waals surface area contributed by atoms with Crippen molar-refractivity contribution in [3.8, 4) is 5.75 Å². The monoisotopic (exact) mass is 367 g/mol. The number of benzene rings is 2. The number of hydrogen-bond donors (Lipinski definition) is 2. The molecule has 26 heavy (non-hydrogen) atoms. The fraction of sp³-hybridized carbons (Fsp3) is 0.100. The van der Waals surface area contributed by atoms with Crippen LogP contribution in [0.1, 0.15) is 15.9 Å². The van der Waals surface area contributed by atoms with Gasteiger partial charge in [0.2, 0.25) is 0 Å². The molecule has 0 fully saturated rings. The quantitative estimate of drug-likeness (QED) is 0.668. The highest BCUT2D eigenvalue weighted by Gasteiger charge is 2.11. The number of anilines is 2. The number of nitrogens with zero attached hydrogens (tertiary/aromatic N) is 1. The zero-order valence-corrected chi connectivity index (χ0v) is 15.0. The summed E-state index contributed by atoms with van der Waals surface area (Å²) in [4.78, 5) is 16.8. The fourth-order valence-electron chi connectivity index (χ4n) is 2.43. The minimum Gasteiger partial charge on any atom is -0.495 e. The second-order valence-corrected chi connectivity index (χ2v) is 6.00. The number of nitrogens with one attached hydrogen (secondary N) is 2. The Labute approximate surface area is 157 Å². The van der Waals surface area contributed by atoms with E-state index in [4.69, 9.17) is 16.3 Å². The van der Waals surface area contributed by atoms with Gasteiger partial charge in [0, 0.05) is 23.3 Å². The fourth-order valence-corrected chi connectivity index (χ4v) is 2.60. The summed E-state index contributed by atoms with van der Waals surface area (Å²) in [7, 11) is 1.54. The Kier molecular flexibility index (Phi) is 5.71. The van der Waals surface area contributed by atoms with E-state index in [1.54, 1.807) is 36.5 Å². The maximum Gasteiger partial charge on any atom is 0.255 e. The van der Waals surface area contributed by atoms with Crippen LogP contribution in [0.15, 0.2) is 66.9 Å². The molecular formula is C20H18ClN3O2. The summed E-state index contributed by atoms with van der Waals surface area (Å²) in [5.41, 5.74) is 2.13. The first-order chi connectivity index (χ1) is 12.7. The molecule has 1 aromatic heterocycles. The first-order valence-electron chi connectivity index (χ1n) is 8.04. The third kappa shape index (κ3) is 4.52. The molecule has 0 aliphatic carbocycles. The molecule has 0 saturated carbocycles. The molecule has 3 rings (SSSR count). The van der Waals surface area contributed by atoms with Gasteiger partial charge in [-0.2, -0.15) is 0 Å². The van der Waals surface area contributed by atoms with Gasteiger partial charge in [0.15, 0.2) is 0 Å². The maximum atomic E-state index is 12.6. The Morgan fingerprint density at radius 1 is 1.12 bits per heavy atom. The number of methoxy groups -OCH3 is 1. The number of aromatic nitrogens is 1. The van der Waals surface area contributed by atoms with Gasteiger partial charge >= 0.3 is 0 Å². The number of amides is 1. The third-order valence-corrected chi connectivity index (χ3v) is 3.98. The molecule has 3 aromatic rings. The zero-order valence-electron chi connectivity index (χ0n) is 14.2. The zero-order chi connectivity index (χ0) is 18.4. The molecule has 0 aliphatic heterocycles. The Hall–Kier alpha value is -3.05. The van der Waals surface area contributed by atoms with Crippen LogP contribution in [0, 0.1) is 0 Å². The first-order valence-corrected chi connectivity index (χ1v) is 8.42. The topological polar surface area (TPSA) is 63.2 Å². The standard InChI is InChI=1S/C20H18ClN3O2/c1-26-18-8-7-16(21)12-17(18)24-20(25)15-9-10-22-19(11-15)23-13-14-5-3-2-4-6-14/h2-12H,13H2,1H3,(H,22,23)(H,24,25). The molecule has 5 nitrogen and oxygen atoms in total. The van der Waals surface area contributed by atoms with E-state index in [0.29, 0.717) is 34.4 Å². The van der Waals surface area contributed by atoms with Gasteiger partial charge in [-0.25, -0.2) is 4.98 Å². The summed E-state index contributed by atoms with van der Waals surface area (Å²) < 4.78 is 5.25. The maximum absolute atomic E-state index is 12.6. The van der Waals surface area contributed by atoms with Crippen LogP contribution < -0.4 is 15.4 Å². The molecule has 0 saturated heterocycles. The number of carbonyl (C=O) groups excluding carboxylic acids is 1. The summed E-state index contributed by atoms with van der Waals surface area (Å²) in [5.74, 6) is 0.898. The van der Waals surface area contributed by atoms with Crippen molar-refractivity contribution in [2.24, 2.45) is 0 Å². The highest BCUT2D eigenvalue weighted by atomic mass is 35.5. The lowest BCUT2D eigenvalue weighted by molar-refractivity contribution is 0.102. The van der Waals surface area contributed by atoms with E-state index in [9.17, 15) is 4.79 Å². The Bertz CT molecular complexity index is 901. The molecule has 2 aromatic carbocycles. The van der Waals surface area contributed by atoms with Crippen molar-refractivity contribution < 1.29 is 9.53 Å². The van der Waals surface area contributed by atoms with Crippen LogP contribution in [0.2, 0.25) is 5.02 Å². The summed E-state index contributed by atoms with van der Waals surface area (Å²) in [6.07, 6.45) is 1.59. The van der Waals surface area contributed by atoms with Gasteiger partial charge in [0.05, 0.1) is 12.8 Å². The smallest absolute Gasteiger partial charge is 0.255 e. The molecule has 2 N–H and O–H groups in total. The normalized spacial score (nSPS) is 10.2. The molecule has 0 unspecified atom stereocenters. The number of pyridine rings is 1. The SMILES string of the molecule is COc1ccc(Cl)cc1NC(=O)c1ccnc(NCc2ccccc2)c1. The average Bonchev–Trinajstić information content (AvgIpc) is 2.67. The minimum absolute atomic E-state index is 0.268. The molecule has 0 aliphatic rings. The van der Waals surface area contributed by atoms with Gasteiger partial charge in [-0.1, -0.05) is 41.9 Å². The van der Waals surface area contributed by atoms with Gasteiger partial charge in [-0.05, 0) is 35.9 Å². The van der Waals surface area contributed by atoms with Gasteiger partial charge in [-0.3, -0.25) is 4.79 Å². The molecule has 0 spiro atoms. The number of carbonyl (C=O) groups is 1. The van der Waals surface area contributed by atoms with Crippen molar-refractivity contribution >= 4 is 29.0 Å². The average molecular weight is 368 g/mol. The first kappa shape index (κ1) is 17.8. The Balaban J connectivity index is 1.71. The molecule has 1 heterocycles. The molecule has 6 heteroatoms. The van der Waals surface area contributed by atoms with E-state index in [1.807, 2.05) is 30.3 Å². The van der Waals surface area contributed by atoms with Crippen molar-refractivity contribution in [3.05, 3.63) is 83.0 Å². The molecular weight excluding hydrogens is 350 g/mol.